The van der Waals surface area contributed by atoms with Crippen LogP contribution in [0.3, 0.4) is 0 Å². The fraction of sp³-hybridized carbons (Fsp3) is 0.0526. The summed E-state index contributed by atoms with van der Waals surface area (Å²) in [5, 5.41) is 12.3. The Bertz CT molecular complexity index is 848. The SMILES string of the molecule is N#Cc1ccc2cc1OC/C=C\C=C\Oc1ccccc1N/C=N/2. The summed E-state index contributed by atoms with van der Waals surface area (Å²) in [6, 6.07) is 14.9. The molecule has 3 rings (SSSR count). The van der Waals surface area contributed by atoms with E-state index in [2.05, 4.69) is 16.4 Å². The number of anilines is 1. The molecule has 0 radical (unpaired) electrons. The number of nitrogens with zero attached hydrogens (tertiary/aromatic N) is 2. The van der Waals surface area contributed by atoms with Crippen LogP contribution in [0.4, 0.5) is 11.4 Å². The predicted octanol–water partition coefficient (Wildman–Crippen LogP) is 4.17. The lowest BCUT2D eigenvalue weighted by Gasteiger charge is -2.07. The van der Waals surface area contributed by atoms with E-state index in [0.29, 0.717) is 29.4 Å². The first-order valence-electron chi connectivity index (χ1n) is 7.40. The zero-order chi connectivity index (χ0) is 16.6. The van der Waals surface area contributed by atoms with Crippen molar-refractivity contribution in [2.75, 3.05) is 11.9 Å². The largest absolute Gasteiger partial charge is 0.488 e. The summed E-state index contributed by atoms with van der Waals surface area (Å²) >= 11 is 0. The number of benzene rings is 2. The van der Waals surface area contributed by atoms with E-state index in [1.54, 1.807) is 36.9 Å². The van der Waals surface area contributed by atoms with E-state index >= 15 is 0 Å². The normalized spacial score (nSPS) is 17.3. The number of hydrogen-bond acceptors (Lipinski definition) is 5. The monoisotopic (exact) mass is 317 g/mol. The Hall–Kier alpha value is -3.52. The average Bonchev–Trinajstić information content (AvgIpc) is 2.62. The summed E-state index contributed by atoms with van der Waals surface area (Å²) < 4.78 is 11.2. The van der Waals surface area contributed by atoms with E-state index < -0.39 is 0 Å². The third-order valence-electron chi connectivity index (χ3n) is 3.26. The third-order valence-corrected chi connectivity index (χ3v) is 3.26. The number of fused-ring (bicyclic) bond motifs is 3. The minimum absolute atomic E-state index is 0.348. The van der Waals surface area contributed by atoms with Gasteiger partial charge in [0.2, 0.25) is 0 Å². The molecule has 0 saturated heterocycles. The van der Waals surface area contributed by atoms with Crippen LogP contribution in [0.25, 0.3) is 0 Å². The molecule has 0 amide bonds. The molecule has 2 bridgehead atoms. The Morgan fingerprint density at radius 3 is 2.92 bits per heavy atom. The van der Waals surface area contributed by atoms with E-state index in [-0.39, 0.29) is 0 Å². The predicted molar refractivity (Wildman–Crippen MR) is 93.8 cm³/mol. The lowest BCUT2D eigenvalue weighted by Crippen LogP contribution is -1.97. The van der Waals surface area contributed by atoms with Crippen molar-refractivity contribution in [1.82, 2.24) is 0 Å². The summed E-state index contributed by atoms with van der Waals surface area (Å²) in [5.74, 6) is 1.20. The van der Waals surface area contributed by atoms with E-state index in [0.717, 1.165) is 5.69 Å². The molecule has 5 heteroatoms. The van der Waals surface area contributed by atoms with Crippen molar-refractivity contribution < 1.29 is 9.47 Å². The fourth-order valence-electron chi connectivity index (χ4n) is 2.10. The maximum atomic E-state index is 9.16. The molecule has 118 valence electrons. The van der Waals surface area contributed by atoms with E-state index in [4.69, 9.17) is 14.7 Å². The van der Waals surface area contributed by atoms with Crippen molar-refractivity contribution in [1.29, 1.82) is 5.26 Å². The van der Waals surface area contributed by atoms with Crippen LogP contribution in [0.1, 0.15) is 5.56 Å². The maximum absolute atomic E-state index is 9.16. The molecular weight excluding hydrogens is 302 g/mol. The molecule has 24 heavy (non-hydrogen) atoms. The highest BCUT2D eigenvalue weighted by atomic mass is 16.5. The molecule has 0 spiro atoms. The van der Waals surface area contributed by atoms with E-state index in [1.165, 1.54) is 0 Å². The summed E-state index contributed by atoms with van der Waals surface area (Å²) in [6.07, 6.45) is 8.60. The quantitative estimate of drug-likeness (QED) is 0.792. The van der Waals surface area contributed by atoms with Crippen molar-refractivity contribution in [2.24, 2.45) is 4.99 Å². The van der Waals surface area contributed by atoms with Crippen molar-refractivity contribution in [3.63, 3.8) is 0 Å². The van der Waals surface area contributed by atoms with Crippen LogP contribution >= 0.6 is 0 Å². The Balaban J connectivity index is 1.94. The summed E-state index contributed by atoms with van der Waals surface area (Å²) in [4.78, 5) is 4.35. The summed E-state index contributed by atoms with van der Waals surface area (Å²) in [6.45, 7) is 0.348. The molecule has 1 aliphatic rings. The lowest BCUT2D eigenvalue weighted by molar-refractivity contribution is 0.362. The molecule has 1 heterocycles. The first-order chi connectivity index (χ1) is 11.9. The molecule has 0 fully saturated rings. The van der Waals surface area contributed by atoms with Crippen molar-refractivity contribution in [3.05, 3.63) is 72.5 Å². The second-order valence-electron chi connectivity index (χ2n) is 4.88. The van der Waals surface area contributed by atoms with Gasteiger partial charge in [-0.15, -0.1) is 0 Å². The second-order valence-corrected chi connectivity index (χ2v) is 4.88. The molecule has 0 unspecified atom stereocenters. The van der Waals surface area contributed by atoms with Gasteiger partial charge in [0.05, 0.1) is 29.5 Å². The van der Waals surface area contributed by atoms with Gasteiger partial charge >= 0.3 is 0 Å². The molecule has 0 aromatic heterocycles. The molecule has 1 N–H and O–H groups in total. The molecule has 0 atom stereocenters. The highest BCUT2D eigenvalue weighted by Gasteiger charge is 2.04. The number of nitrogens with one attached hydrogen (secondary N) is 1. The molecule has 2 aromatic carbocycles. The number of nitriles is 1. The van der Waals surface area contributed by atoms with Gasteiger partial charge < -0.3 is 14.8 Å². The van der Waals surface area contributed by atoms with Gasteiger partial charge in [-0.2, -0.15) is 5.26 Å². The zero-order valence-electron chi connectivity index (χ0n) is 12.8. The van der Waals surface area contributed by atoms with Crippen molar-refractivity contribution in [2.45, 2.75) is 0 Å². The fourth-order valence-corrected chi connectivity index (χ4v) is 2.10. The van der Waals surface area contributed by atoms with Crippen LogP contribution in [0.5, 0.6) is 11.5 Å². The van der Waals surface area contributed by atoms with Crippen molar-refractivity contribution in [3.8, 4) is 17.6 Å². The first kappa shape index (κ1) is 15.4. The van der Waals surface area contributed by atoms with Crippen molar-refractivity contribution >= 4 is 17.7 Å². The second kappa shape index (κ2) is 7.65. The van der Waals surface area contributed by atoms with Gasteiger partial charge in [0, 0.05) is 6.07 Å². The van der Waals surface area contributed by atoms with E-state index in [9.17, 15) is 0 Å². The third kappa shape index (κ3) is 3.81. The number of allylic oxidation sites excluding steroid dienone is 2. The molecular formula is C19H15N3O2. The van der Waals surface area contributed by atoms with Gasteiger partial charge in [-0.05, 0) is 36.4 Å². The highest BCUT2D eigenvalue weighted by molar-refractivity contribution is 5.81. The van der Waals surface area contributed by atoms with Crippen LogP contribution in [-0.4, -0.2) is 12.9 Å². The van der Waals surface area contributed by atoms with E-state index in [1.807, 2.05) is 36.4 Å². The van der Waals surface area contributed by atoms with Crippen LogP contribution < -0.4 is 14.8 Å². The number of ether oxygens (including phenoxy) is 2. The van der Waals surface area contributed by atoms with Gasteiger partial charge in [-0.1, -0.05) is 18.2 Å². The standard InChI is InChI=1S/C19H15N3O2/c20-13-15-8-9-16-12-19(15)24-11-5-1-4-10-23-18-7-3-2-6-17(18)22-14-21-16/h1-10,12,14H,11H2,(H,21,22)/b5-1-,10-4+. The Kier molecular flexibility index (Phi) is 4.91. The number of hydrogen-bond donors (Lipinski definition) is 1. The van der Waals surface area contributed by atoms with Gasteiger partial charge in [-0.3, -0.25) is 0 Å². The van der Waals surface area contributed by atoms with Gasteiger partial charge in [0.1, 0.15) is 24.2 Å². The number of rotatable bonds is 0. The number of para-hydroxylation sites is 2. The average molecular weight is 317 g/mol. The number of aliphatic imine (C=N–C) groups is 1. The minimum atomic E-state index is 0.348. The first-order valence-corrected chi connectivity index (χ1v) is 7.40. The molecule has 5 nitrogen and oxygen atoms in total. The highest BCUT2D eigenvalue weighted by Crippen LogP contribution is 2.26. The molecule has 0 aliphatic carbocycles. The molecule has 1 aliphatic heterocycles. The minimum Gasteiger partial charge on any atom is -0.488 e. The Morgan fingerprint density at radius 1 is 1.08 bits per heavy atom. The molecule has 0 saturated carbocycles. The van der Waals surface area contributed by atoms with Gasteiger partial charge in [0.15, 0.2) is 0 Å². The van der Waals surface area contributed by atoms with Crippen LogP contribution in [0.15, 0.2) is 71.9 Å². The van der Waals surface area contributed by atoms with Crippen LogP contribution in [0.2, 0.25) is 0 Å². The van der Waals surface area contributed by atoms with Gasteiger partial charge in [0.25, 0.3) is 0 Å². The van der Waals surface area contributed by atoms with Crippen LogP contribution in [0, 0.1) is 11.3 Å². The maximum Gasteiger partial charge on any atom is 0.149 e. The van der Waals surface area contributed by atoms with Gasteiger partial charge in [-0.25, -0.2) is 4.99 Å². The van der Waals surface area contributed by atoms with Crippen LogP contribution in [-0.2, 0) is 0 Å². The lowest BCUT2D eigenvalue weighted by atomic mass is 10.2. The Labute approximate surface area is 140 Å². The molecule has 2 aromatic rings. The summed E-state index contributed by atoms with van der Waals surface area (Å²) in [5.41, 5.74) is 1.96. The summed E-state index contributed by atoms with van der Waals surface area (Å²) in [7, 11) is 0. The Morgan fingerprint density at radius 2 is 2.00 bits per heavy atom. The zero-order valence-corrected chi connectivity index (χ0v) is 12.8. The topological polar surface area (TPSA) is 66.6 Å². The smallest absolute Gasteiger partial charge is 0.149 e.